The minimum absolute atomic E-state index is 0.0927. The molecule has 1 aliphatic heterocycles. The summed E-state index contributed by atoms with van der Waals surface area (Å²) in [6.07, 6.45) is 0.0927. The second-order valence-corrected chi connectivity index (χ2v) is 10.3. The van der Waals surface area contributed by atoms with E-state index in [2.05, 4.69) is 26.1 Å². The standard InChI is InChI=1S/C24H24N6O5S2/c1-14(31)25-16-6-8-17(9-7-16)26-20(32)13-36-24-29-28-23(37-24)27-22(34)15-10-21(33)30(12-15)18-4-3-5-19(11-18)35-2/h3-9,11,15H,10,12-13H2,1-2H3,(H,25,31)(H,26,32)(H,27,28,34)/t15-/m0/s1. The lowest BCUT2D eigenvalue weighted by Gasteiger charge is -2.17. The zero-order valence-electron chi connectivity index (χ0n) is 20.0. The normalized spacial score (nSPS) is 14.8. The number of rotatable bonds is 9. The molecule has 2 heterocycles. The number of thioether (sulfide) groups is 1. The molecule has 4 rings (SSSR count). The van der Waals surface area contributed by atoms with E-state index in [0.29, 0.717) is 32.3 Å². The lowest BCUT2D eigenvalue weighted by atomic mass is 10.1. The highest BCUT2D eigenvalue weighted by molar-refractivity contribution is 8.01. The molecule has 192 valence electrons. The van der Waals surface area contributed by atoms with Crippen LogP contribution in [0.2, 0.25) is 0 Å². The number of nitrogens with one attached hydrogen (secondary N) is 3. The monoisotopic (exact) mass is 540 g/mol. The maximum atomic E-state index is 12.8. The van der Waals surface area contributed by atoms with E-state index in [-0.39, 0.29) is 42.3 Å². The van der Waals surface area contributed by atoms with Crippen molar-refractivity contribution in [3.05, 3.63) is 48.5 Å². The van der Waals surface area contributed by atoms with Crippen molar-refractivity contribution >= 4 is 68.9 Å². The molecule has 0 unspecified atom stereocenters. The Kier molecular flexibility index (Phi) is 8.36. The van der Waals surface area contributed by atoms with Gasteiger partial charge in [-0.3, -0.25) is 19.2 Å². The van der Waals surface area contributed by atoms with Crippen molar-refractivity contribution in [2.45, 2.75) is 17.7 Å². The lowest BCUT2D eigenvalue weighted by Crippen LogP contribution is -2.28. The average molecular weight is 541 g/mol. The molecular weight excluding hydrogens is 516 g/mol. The van der Waals surface area contributed by atoms with Gasteiger partial charge < -0.3 is 25.6 Å². The van der Waals surface area contributed by atoms with Crippen molar-refractivity contribution in [3.63, 3.8) is 0 Å². The van der Waals surface area contributed by atoms with Crippen molar-refractivity contribution in [3.8, 4) is 5.75 Å². The Morgan fingerprint density at radius 2 is 1.81 bits per heavy atom. The molecule has 1 aromatic heterocycles. The van der Waals surface area contributed by atoms with E-state index in [4.69, 9.17) is 4.74 Å². The molecule has 2 aromatic carbocycles. The summed E-state index contributed by atoms with van der Waals surface area (Å²) in [5.41, 5.74) is 1.91. The Morgan fingerprint density at radius 3 is 2.51 bits per heavy atom. The first-order valence-corrected chi connectivity index (χ1v) is 13.0. The number of hydrogen-bond donors (Lipinski definition) is 3. The third-order valence-electron chi connectivity index (χ3n) is 5.31. The topological polar surface area (TPSA) is 143 Å². The van der Waals surface area contributed by atoms with Gasteiger partial charge in [-0.15, -0.1) is 10.2 Å². The van der Waals surface area contributed by atoms with Gasteiger partial charge in [0.15, 0.2) is 4.34 Å². The molecule has 13 heteroatoms. The fourth-order valence-electron chi connectivity index (χ4n) is 3.60. The second kappa shape index (κ2) is 11.8. The van der Waals surface area contributed by atoms with Gasteiger partial charge in [-0.2, -0.15) is 0 Å². The molecule has 0 spiro atoms. The first-order valence-electron chi connectivity index (χ1n) is 11.2. The summed E-state index contributed by atoms with van der Waals surface area (Å²) in [6, 6.07) is 13.9. The van der Waals surface area contributed by atoms with Crippen LogP contribution >= 0.6 is 23.1 Å². The highest BCUT2D eigenvalue weighted by Crippen LogP contribution is 2.30. The molecule has 0 aliphatic carbocycles. The molecule has 1 fully saturated rings. The van der Waals surface area contributed by atoms with Crippen LogP contribution < -0.4 is 25.6 Å². The highest BCUT2D eigenvalue weighted by Gasteiger charge is 2.35. The van der Waals surface area contributed by atoms with Gasteiger partial charge in [0.05, 0.1) is 18.8 Å². The summed E-state index contributed by atoms with van der Waals surface area (Å²) in [6.45, 7) is 1.67. The number of methoxy groups -OCH3 is 1. The SMILES string of the molecule is COc1cccc(N2C[C@@H](C(=O)Nc3nnc(SCC(=O)Nc4ccc(NC(C)=O)cc4)s3)CC2=O)c1. The van der Waals surface area contributed by atoms with Gasteiger partial charge in [0.2, 0.25) is 28.8 Å². The molecule has 3 aromatic rings. The number of benzene rings is 2. The van der Waals surface area contributed by atoms with E-state index >= 15 is 0 Å². The van der Waals surface area contributed by atoms with Crippen LogP contribution in [0.1, 0.15) is 13.3 Å². The van der Waals surface area contributed by atoms with Crippen LogP contribution in [0.25, 0.3) is 0 Å². The van der Waals surface area contributed by atoms with Crippen LogP contribution in [0.15, 0.2) is 52.9 Å². The van der Waals surface area contributed by atoms with Crippen LogP contribution in [0.4, 0.5) is 22.2 Å². The minimum atomic E-state index is -0.526. The van der Waals surface area contributed by atoms with Crippen LogP contribution in [0.3, 0.4) is 0 Å². The molecule has 1 saturated heterocycles. The Hall–Kier alpha value is -3.97. The third kappa shape index (κ3) is 7.05. The molecule has 4 amide bonds. The van der Waals surface area contributed by atoms with E-state index in [1.54, 1.807) is 60.5 Å². The van der Waals surface area contributed by atoms with Crippen LogP contribution in [-0.4, -0.2) is 53.2 Å². The summed E-state index contributed by atoms with van der Waals surface area (Å²) in [7, 11) is 1.55. The van der Waals surface area contributed by atoms with E-state index in [9.17, 15) is 19.2 Å². The summed E-state index contributed by atoms with van der Waals surface area (Å²) in [5.74, 6) is -0.660. The molecule has 37 heavy (non-hydrogen) atoms. The molecule has 0 bridgehead atoms. The molecule has 0 saturated carbocycles. The summed E-state index contributed by atoms with van der Waals surface area (Å²) in [5, 5.41) is 16.4. The van der Waals surface area contributed by atoms with Crippen molar-refractivity contribution in [1.29, 1.82) is 0 Å². The van der Waals surface area contributed by atoms with Crippen molar-refractivity contribution < 1.29 is 23.9 Å². The number of carbonyl (C=O) groups excluding carboxylic acids is 4. The van der Waals surface area contributed by atoms with Gasteiger partial charge in [0.25, 0.3) is 0 Å². The molecule has 0 radical (unpaired) electrons. The zero-order valence-corrected chi connectivity index (χ0v) is 21.6. The minimum Gasteiger partial charge on any atom is -0.497 e. The maximum absolute atomic E-state index is 12.8. The lowest BCUT2D eigenvalue weighted by molar-refractivity contribution is -0.122. The summed E-state index contributed by atoms with van der Waals surface area (Å²) >= 11 is 2.34. The van der Waals surface area contributed by atoms with Gasteiger partial charge in [0, 0.05) is 43.0 Å². The third-order valence-corrected chi connectivity index (χ3v) is 7.29. The largest absolute Gasteiger partial charge is 0.497 e. The van der Waals surface area contributed by atoms with E-state index in [1.807, 2.05) is 0 Å². The number of nitrogens with zero attached hydrogens (tertiary/aromatic N) is 3. The number of ether oxygens (including phenoxy) is 1. The Bertz CT molecular complexity index is 1310. The predicted octanol–water partition coefficient (Wildman–Crippen LogP) is 3.23. The Labute approximate surface area is 221 Å². The molecule has 11 nitrogen and oxygen atoms in total. The van der Waals surface area contributed by atoms with Crippen molar-refractivity contribution in [1.82, 2.24) is 10.2 Å². The van der Waals surface area contributed by atoms with E-state index in [1.165, 1.54) is 18.7 Å². The second-order valence-electron chi connectivity index (χ2n) is 8.06. The number of hydrogen-bond acceptors (Lipinski definition) is 9. The van der Waals surface area contributed by atoms with Gasteiger partial charge in [-0.05, 0) is 36.4 Å². The van der Waals surface area contributed by atoms with Crippen LogP contribution in [-0.2, 0) is 19.2 Å². The predicted molar refractivity (Wildman–Crippen MR) is 142 cm³/mol. The zero-order chi connectivity index (χ0) is 26.4. The Morgan fingerprint density at radius 1 is 1.08 bits per heavy atom. The fraction of sp³-hybridized carbons (Fsp3) is 0.250. The fourth-order valence-corrected chi connectivity index (χ4v) is 5.16. The van der Waals surface area contributed by atoms with Crippen molar-refractivity contribution in [2.24, 2.45) is 5.92 Å². The van der Waals surface area contributed by atoms with Gasteiger partial charge in [0.1, 0.15) is 5.75 Å². The number of aromatic nitrogens is 2. The smallest absolute Gasteiger partial charge is 0.234 e. The molecular formula is C24H24N6O5S2. The highest BCUT2D eigenvalue weighted by atomic mass is 32.2. The average Bonchev–Trinajstić information content (AvgIpc) is 3.50. The molecule has 3 N–H and O–H groups in total. The van der Waals surface area contributed by atoms with Crippen LogP contribution in [0, 0.1) is 5.92 Å². The number of carbonyl (C=O) groups is 4. The van der Waals surface area contributed by atoms with Gasteiger partial charge in [-0.1, -0.05) is 29.2 Å². The summed E-state index contributed by atoms with van der Waals surface area (Å²) in [4.78, 5) is 50.2. The summed E-state index contributed by atoms with van der Waals surface area (Å²) < 4.78 is 5.73. The van der Waals surface area contributed by atoms with Crippen molar-refractivity contribution in [2.75, 3.05) is 40.3 Å². The maximum Gasteiger partial charge on any atom is 0.234 e. The first-order chi connectivity index (χ1) is 17.8. The number of amides is 4. The molecule has 1 atom stereocenters. The number of anilines is 4. The van der Waals surface area contributed by atoms with E-state index in [0.717, 1.165) is 11.3 Å². The first kappa shape index (κ1) is 26.1. The van der Waals surface area contributed by atoms with Crippen LogP contribution in [0.5, 0.6) is 5.75 Å². The molecule has 1 aliphatic rings. The quantitative estimate of drug-likeness (QED) is 0.277. The van der Waals surface area contributed by atoms with Gasteiger partial charge in [-0.25, -0.2) is 0 Å². The Balaban J connectivity index is 1.25. The van der Waals surface area contributed by atoms with Gasteiger partial charge >= 0.3 is 0 Å². The van der Waals surface area contributed by atoms with E-state index < -0.39 is 5.92 Å².